The molecule has 1 aromatic rings. The first-order valence-corrected chi connectivity index (χ1v) is 8.48. The molecule has 0 aliphatic heterocycles. The predicted octanol–water partition coefficient (Wildman–Crippen LogP) is 3.07. The number of halogens is 1. The van der Waals surface area contributed by atoms with E-state index in [9.17, 15) is 8.42 Å². The summed E-state index contributed by atoms with van der Waals surface area (Å²) in [5, 5.41) is 1.59. The zero-order valence-corrected chi connectivity index (χ0v) is 12.4. The van der Waals surface area contributed by atoms with Gasteiger partial charge in [-0.1, -0.05) is 32.8 Å². The summed E-state index contributed by atoms with van der Waals surface area (Å²) in [6, 6.07) is 3.31. The van der Waals surface area contributed by atoms with Crippen LogP contribution in [-0.4, -0.2) is 20.3 Å². The van der Waals surface area contributed by atoms with Gasteiger partial charge in [-0.25, -0.2) is 13.1 Å². The third-order valence-corrected chi connectivity index (χ3v) is 6.12. The van der Waals surface area contributed by atoms with Crippen LogP contribution in [0.2, 0.25) is 0 Å². The Morgan fingerprint density at radius 1 is 1.41 bits per heavy atom. The Labute approximate surface area is 112 Å². The first kappa shape index (κ1) is 15.0. The van der Waals surface area contributed by atoms with Crippen molar-refractivity contribution in [3.05, 3.63) is 17.5 Å². The monoisotopic (exact) mass is 295 g/mol. The number of thiophene rings is 1. The third-order valence-electron chi connectivity index (χ3n) is 2.79. The molecule has 1 atom stereocenters. The van der Waals surface area contributed by atoms with E-state index in [1.807, 2.05) is 0 Å². The van der Waals surface area contributed by atoms with Crippen LogP contribution in [0.3, 0.4) is 0 Å². The fourth-order valence-corrected chi connectivity index (χ4v) is 4.27. The number of nitrogens with one attached hydrogen (secondary N) is 1. The first-order chi connectivity index (χ1) is 8.01. The topological polar surface area (TPSA) is 46.2 Å². The molecule has 0 aliphatic carbocycles. The van der Waals surface area contributed by atoms with E-state index in [4.69, 9.17) is 11.6 Å². The maximum absolute atomic E-state index is 11.8. The highest BCUT2D eigenvalue weighted by Gasteiger charge is 2.20. The minimum atomic E-state index is -3.38. The van der Waals surface area contributed by atoms with Crippen molar-refractivity contribution in [2.45, 2.75) is 36.3 Å². The van der Waals surface area contributed by atoms with Gasteiger partial charge in [0, 0.05) is 11.9 Å². The molecule has 0 aromatic carbocycles. The van der Waals surface area contributed by atoms with Gasteiger partial charge in [0.25, 0.3) is 0 Å². The van der Waals surface area contributed by atoms with Crippen LogP contribution in [0.1, 0.15) is 26.7 Å². The maximum Gasteiger partial charge on any atom is 0.250 e. The molecule has 1 heterocycles. The van der Waals surface area contributed by atoms with Crippen LogP contribution < -0.4 is 4.72 Å². The molecular weight excluding hydrogens is 278 g/mol. The van der Waals surface area contributed by atoms with Crippen LogP contribution in [0.5, 0.6) is 0 Å². The summed E-state index contributed by atoms with van der Waals surface area (Å²) in [6.07, 6.45) is 1.93. The van der Waals surface area contributed by atoms with Gasteiger partial charge in [0.05, 0.1) is 0 Å². The molecule has 6 heteroatoms. The van der Waals surface area contributed by atoms with Gasteiger partial charge in [0.1, 0.15) is 4.21 Å². The van der Waals surface area contributed by atoms with E-state index in [1.165, 1.54) is 11.3 Å². The second-order valence-electron chi connectivity index (χ2n) is 3.88. The molecular formula is C11H18ClNO2S2. The van der Waals surface area contributed by atoms with Crippen molar-refractivity contribution in [2.24, 2.45) is 5.92 Å². The Hall–Kier alpha value is -0.100. The largest absolute Gasteiger partial charge is 0.250 e. The number of sulfonamides is 1. The minimum Gasteiger partial charge on any atom is -0.209 e. The molecule has 0 spiro atoms. The van der Waals surface area contributed by atoms with Crippen LogP contribution >= 0.6 is 22.9 Å². The van der Waals surface area contributed by atoms with Crippen molar-refractivity contribution in [2.75, 3.05) is 6.54 Å². The van der Waals surface area contributed by atoms with E-state index in [1.54, 1.807) is 17.5 Å². The van der Waals surface area contributed by atoms with Gasteiger partial charge in [-0.2, -0.15) is 0 Å². The van der Waals surface area contributed by atoms with Gasteiger partial charge in [-0.05, 0) is 17.4 Å². The molecule has 1 N–H and O–H groups in total. The lowest BCUT2D eigenvalue weighted by atomic mass is 9.99. The summed E-state index contributed by atoms with van der Waals surface area (Å²) in [7, 11) is -3.38. The Bertz CT molecular complexity index is 413. The summed E-state index contributed by atoms with van der Waals surface area (Å²) in [5.74, 6) is 0.350. The van der Waals surface area contributed by atoms with E-state index in [0.717, 1.165) is 12.8 Å². The SMILES string of the molecule is CCC(CC)C(Cl)CNS(=O)(=O)c1cccs1. The van der Waals surface area contributed by atoms with Gasteiger partial charge in [0.2, 0.25) is 10.0 Å². The quantitative estimate of drug-likeness (QED) is 0.786. The van der Waals surface area contributed by atoms with Crippen LogP contribution in [0.15, 0.2) is 21.7 Å². The van der Waals surface area contributed by atoms with Crippen molar-refractivity contribution < 1.29 is 8.42 Å². The molecule has 0 bridgehead atoms. The molecule has 1 unspecified atom stereocenters. The Morgan fingerprint density at radius 3 is 2.53 bits per heavy atom. The maximum atomic E-state index is 11.8. The molecule has 17 heavy (non-hydrogen) atoms. The zero-order chi connectivity index (χ0) is 12.9. The molecule has 0 radical (unpaired) electrons. The second-order valence-corrected chi connectivity index (χ2v) is 7.38. The van der Waals surface area contributed by atoms with Crippen LogP contribution in [0.4, 0.5) is 0 Å². The molecule has 0 aliphatic rings. The highest BCUT2D eigenvalue weighted by Crippen LogP contribution is 2.19. The molecule has 0 saturated carbocycles. The summed E-state index contributed by atoms with van der Waals surface area (Å²) < 4.78 is 26.6. The smallest absolute Gasteiger partial charge is 0.209 e. The lowest BCUT2D eigenvalue weighted by Gasteiger charge is -2.19. The van der Waals surface area contributed by atoms with Gasteiger partial charge >= 0.3 is 0 Å². The van der Waals surface area contributed by atoms with Gasteiger partial charge in [-0.3, -0.25) is 0 Å². The lowest BCUT2D eigenvalue weighted by Crippen LogP contribution is -2.32. The molecule has 1 aromatic heterocycles. The highest BCUT2D eigenvalue weighted by molar-refractivity contribution is 7.91. The van der Waals surface area contributed by atoms with Crippen molar-refractivity contribution in [3.63, 3.8) is 0 Å². The summed E-state index contributed by atoms with van der Waals surface area (Å²) in [5.41, 5.74) is 0. The molecule has 0 amide bonds. The molecule has 0 saturated heterocycles. The van der Waals surface area contributed by atoms with E-state index >= 15 is 0 Å². The highest BCUT2D eigenvalue weighted by atomic mass is 35.5. The van der Waals surface area contributed by atoms with Crippen LogP contribution in [0, 0.1) is 5.92 Å². The minimum absolute atomic E-state index is 0.153. The van der Waals surface area contributed by atoms with Crippen molar-refractivity contribution in [3.8, 4) is 0 Å². The Balaban J connectivity index is 2.56. The Kier molecular flexibility index (Phi) is 5.92. The molecule has 98 valence electrons. The second kappa shape index (κ2) is 6.73. The average molecular weight is 296 g/mol. The number of rotatable bonds is 7. The third kappa shape index (κ3) is 4.25. The van der Waals surface area contributed by atoms with Crippen LogP contribution in [0.25, 0.3) is 0 Å². The van der Waals surface area contributed by atoms with E-state index < -0.39 is 10.0 Å². The fraction of sp³-hybridized carbons (Fsp3) is 0.636. The van der Waals surface area contributed by atoms with E-state index in [2.05, 4.69) is 18.6 Å². The van der Waals surface area contributed by atoms with E-state index in [0.29, 0.717) is 10.1 Å². The number of hydrogen-bond donors (Lipinski definition) is 1. The number of alkyl halides is 1. The summed E-state index contributed by atoms with van der Waals surface area (Å²) >= 11 is 7.40. The predicted molar refractivity (Wildman–Crippen MR) is 73.2 cm³/mol. The van der Waals surface area contributed by atoms with Gasteiger partial charge in [0.15, 0.2) is 0 Å². The van der Waals surface area contributed by atoms with E-state index in [-0.39, 0.29) is 11.9 Å². The van der Waals surface area contributed by atoms with Gasteiger partial charge in [-0.15, -0.1) is 22.9 Å². The molecule has 0 fully saturated rings. The summed E-state index contributed by atoms with van der Waals surface area (Å²) in [6.45, 7) is 4.42. The van der Waals surface area contributed by atoms with Crippen molar-refractivity contribution in [1.82, 2.24) is 4.72 Å². The van der Waals surface area contributed by atoms with Crippen molar-refractivity contribution in [1.29, 1.82) is 0 Å². The standard InChI is InChI=1S/C11H18ClNO2S2/c1-3-9(4-2)10(12)8-13-17(14,15)11-6-5-7-16-11/h5-7,9-10,13H,3-4,8H2,1-2H3. The first-order valence-electron chi connectivity index (χ1n) is 5.68. The normalized spacial score (nSPS) is 14.1. The molecule has 3 nitrogen and oxygen atoms in total. The van der Waals surface area contributed by atoms with Gasteiger partial charge < -0.3 is 0 Å². The van der Waals surface area contributed by atoms with Crippen LogP contribution in [-0.2, 0) is 10.0 Å². The fourth-order valence-electron chi connectivity index (χ4n) is 1.64. The average Bonchev–Trinajstić information content (AvgIpc) is 2.82. The van der Waals surface area contributed by atoms with Crippen molar-refractivity contribution >= 4 is 33.0 Å². The summed E-state index contributed by atoms with van der Waals surface area (Å²) in [4.78, 5) is 0. The molecule has 1 rings (SSSR count). The zero-order valence-electron chi connectivity index (χ0n) is 10.0. The number of hydrogen-bond acceptors (Lipinski definition) is 3. The lowest BCUT2D eigenvalue weighted by molar-refractivity contribution is 0.460. The Morgan fingerprint density at radius 2 is 2.06 bits per heavy atom.